The normalized spacial score (nSPS) is 11.8. The molecular formula is C60H38N4. The van der Waals surface area contributed by atoms with Gasteiger partial charge in [0.05, 0.1) is 33.5 Å². The Morgan fingerprint density at radius 2 is 0.688 bits per heavy atom. The number of nitrogens with zero attached hydrogens (tertiary/aromatic N) is 4. The quantitative estimate of drug-likeness (QED) is 0.168. The van der Waals surface area contributed by atoms with E-state index >= 15 is 0 Å². The second-order valence-corrected chi connectivity index (χ2v) is 16.6. The Balaban J connectivity index is 1.13. The molecule has 0 spiro atoms. The van der Waals surface area contributed by atoms with Gasteiger partial charge >= 0.3 is 0 Å². The van der Waals surface area contributed by atoms with Gasteiger partial charge in [-0.15, -0.1) is 0 Å². The average molecular weight is 815 g/mol. The standard InChI is InChI=1S/C60H38N4/c1-3-15-39(16-4-1)40-27-29-43(30-28-40)54-38-55(62-60(61-54)44-19-5-2-6-20-44)45-35-46(63-56-25-13-11-23-50(56)52-33-31-41-17-7-9-21-48(41)58(52)63)37-47(36-45)64-57-26-14-12-24-51(57)53-34-32-42-18-8-10-22-49(42)59(53)64/h1-38H. The van der Waals surface area contributed by atoms with Gasteiger partial charge in [-0.05, 0) is 58.3 Å². The zero-order valence-electron chi connectivity index (χ0n) is 34.7. The summed E-state index contributed by atoms with van der Waals surface area (Å²) in [5, 5.41) is 9.70. The fourth-order valence-electron chi connectivity index (χ4n) is 9.92. The van der Waals surface area contributed by atoms with Crippen LogP contribution in [0.15, 0.2) is 231 Å². The van der Waals surface area contributed by atoms with E-state index in [4.69, 9.17) is 9.97 Å². The Labute approximate surface area is 369 Å². The Morgan fingerprint density at radius 1 is 0.266 bits per heavy atom. The van der Waals surface area contributed by atoms with Crippen LogP contribution in [-0.4, -0.2) is 19.1 Å². The van der Waals surface area contributed by atoms with Gasteiger partial charge in [0.25, 0.3) is 0 Å². The van der Waals surface area contributed by atoms with E-state index in [0.717, 1.165) is 56.0 Å². The van der Waals surface area contributed by atoms with E-state index in [1.54, 1.807) is 0 Å². The highest BCUT2D eigenvalue weighted by Crippen LogP contribution is 2.42. The molecule has 0 amide bonds. The smallest absolute Gasteiger partial charge is 0.160 e. The molecule has 64 heavy (non-hydrogen) atoms. The van der Waals surface area contributed by atoms with E-state index in [0.29, 0.717) is 5.82 Å². The molecule has 4 heteroatoms. The maximum Gasteiger partial charge on any atom is 0.160 e. The lowest BCUT2D eigenvalue weighted by atomic mass is 10.0. The van der Waals surface area contributed by atoms with E-state index in [2.05, 4.69) is 234 Å². The van der Waals surface area contributed by atoms with Gasteiger partial charge in [0.2, 0.25) is 0 Å². The van der Waals surface area contributed by atoms with Crippen molar-refractivity contribution in [3.8, 4) is 56.4 Å². The van der Waals surface area contributed by atoms with Crippen molar-refractivity contribution in [3.63, 3.8) is 0 Å². The summed E-state index contributed by atoms with van der Waals surface area (Å²) >= 11 is 0. The molecule has 0 unspecified atom stereocenters. The summed E-state index contributed by atoms with van der Waals surface area (Å²) in [4.78, 5) is 10.7. The maximum absolute atomic E-state index is 5.43. The molecule has 0 N–H and O–H groups in total. The van der Waals surface area contributed by atoms with Gasteiger partial charge in [-0.1, -0.05) is 194 Å². The van der Waals surface area contributed by atoms with Crippen LogP contribution in [-0.2, 0) is 0 Å². The molecule has 3 aromatic heterocycles. The van der Waals surface area contributed by atoms with Crippen LogP contribution in [0.4, 0.5) is 0 Å². The first-order valence-corrected chi connectivity index (χ1v) is 21.8. The number of fused-ring (bicyclic) bond motifs is 10. The predicted molar refractivity (Wildman–Crippen MR) is 267 cm³/mol. The van der Waals surface area contributed by atoms with Gasteiger partial charge in [-0.3, -0.25) is 0 Å². The first-order valence-electron chi connectivity index (χ1n) is 21.8. The van der Waals surface area contributed by atoms with E-state index in [9.17, 15) is 0 Å². The van der Waals surface area contributed by atoms with Crippen LogP contribution in [0.3, 0.4) is 0 Å². The number of aromatic nitrogens is 4. The molecule has 0 fully saturated rings. The summed E-state index contributed by atoms with van der Waals surface area (Å²) in [5.74, 6) is 0.679. The van der Waals surface area contributed by atoms with Gasteiger partial charge in [-0.25, -0.2) is 9.97 Å². The minimum Gasteiger partial charge on any atom is -0.309 e. The summed E-state index contributed by atoms with van der Waals surface area (Å²) in [7, 11) is 0. The SMILES string of the molecule is c1ccc(-c2ccc(-c3cc(-c4cc(-n5c6ccccc6c6ccc7ccccc7c65)cc(-n5c6ccccc6c6ccc7ccccc7c65)c4)nc(-c4ccccc4)n3)cc2)cc1. The lowest BCUT2D eigenvalue weighted by Gasteiger charge is -2.17. The summed E-state index contributed by atoms with van der Waals surface area (Å²) in [6, 6.07) is 82.9. The van der Waals surface area contributed by atoms with Gasteiger partial charge in [0, 0.05) is 60.4 Å². The van der Waals surface area contributed by atoms with Crippen molar-refractivity contribution < 1.29 is 0 Å². The molecule has 13 rings (SSSR count). The van der Waals surface area contributed by atoms with E-state index in [1.807, 2.05) is 6.07 Å². The monoisotopic (exact) mass is 814 g/mol. The third-order valence-electron chi connectivity index (χ3n) is 12.9. The minimum absolute atomic E-state index is 0.679. The summed E-state index contributed by atoms with van der Waals surface area (Å²) in [6.07, 6.45) is 0. The largest absolute Gasteiger partial charge is 0.309 e. The highest BCUT2D eigenvalue weighted by atomic mass is 15.0. The average Bonchev–Trinajstić information content (AvgIpc) is 3.90. The number of para-hydroxylation sites is 2. The Bertz CT molecular complexity index is 3760. The van der Waals surface area contributed by atoms with Gasteiger partial charge in [0.15, 0.2) is 5.82 Å². The van der Waals surface area contributed by atoms with E-state index in [1.165, 1.54) is 59.7 Å². The van der Waals surface area contributed by atoms with E-state index in [-0.39, 0.29) is 0 Å². The second kappa shape index (κ2) is 14.5. The van der Waals surface area contributed by atoms with Crippen LogP contribution < -0.4 is 0 Å². The molecule has 4 nitrogen and oxygen atoms in total. The summed E-state index contributed by atoms with van der Waals surface area (Å²) in [5.41, 5.74) is 13.8. The van der Waals surface area contributed by atoms with Crippen LogP contribution in [0.25, 0.3) is 122 Å². The molecule has 10 aromatic carbocycles. The molecular weight excluding hydrogens is 777 g/mol. The summed E-state index contributed by atoms with van der Waals surface area (Å²) < 4.78 is 4.93. The Kier molecular flexibility index (Phi) is 8.18. The van der Waals surface area contributed by atoms with Gasteiger partial charge in [0.1, 0.15) is 0 Å². The second-order valence-electron chi connectivity index (χ2n) is 16.6. The molecule has 298 valence electrons. The Morgan fingerprint density at radius 3 is 1.23 bits per heavy atom. The number of rotatable bonds is 6. The molecule has 0 aliphatic carbocycles. The van der Waals surface area contributed by atoms with Crippen molar-refractivity contribution in [1.29, 1.82) is 0 Å². The lowest BCUT2D eigenvalue weighted by molar-refractivity contribution is 1.13. The zero-order valence-corrected chi connectivity index (χ0v) is 34.7. The summed E-state index contributed by atoms with van der Waals surface area (Å²) in [6.45, 7) is 0. The van der Waals surface area contributed by atoms with Crippen molar-refractivity contribution in [3.05, 3.63) is 231 Å². The Hall–Kier alpha value is -8.60. The van der Waals surface area contributed by atoms with Crippen LogP contribution in [0, 0.1) is 0 Å². The number of benzene rings is 10. The van der Waals surface area contributed by atoms with Crippen molar-refractivity contribution in [1.82, 2.24) is 19.1 Å². The number of hydrogen-bond donors (Lipinski definition) is 0. The van der Waals surface area contributed by atoms with Crippen molar-refractivity contribution in [2.45, 2.75) is 0 Å². The predicted octanol–water partition coefficient (Wildman–Crippen LogP) is 15.6. The third-order valence-corrected chi connectivity index (χ3v) is 12.9. The first-order chi connectivity index (χ1) is 31.7. The van der Waals surface area contributed by atoms with E-state index < -0.39 is 0 Å². The van der Waals surface area contributed by atoms with Crippen LogP contribution in [0.5, 0.6) is 0 Å². The third kappa shape index (κ3) is 5.77. The molecule has 0 saturated heterocycles. The van der Waals surface area contributed by atoms with Crippen LogP contribution >= 0.6 is 0 Å². The first kappa shape index (κ1) is 36.1. The maximum atomic E-state index is 5.43. The molecule has 0 atom stereocenters. The van der Waals surface area contributed by atoms with Crippen LogP contribution in [0.2, 0.25) is 0 Å². The molecule has 0 radical (unpaired) electrons. The zero-order chi connectivity index (χ0) is 42.1. The van der Waals surface area contributed by atoms with Gasteiger partial charge in [-0.2, -0.15) is 0 Å². The highest BCUT2D eigenvalue weighted by molar-refractivity contribution is 6.20. The van der Waals surface area contributed by atoms with Crippen molar-refractivity contribution in [2.75, 3.05) is 0 Å². The molecule has 3 heterocycles. The molecule has 13 aromatic rings. The fraction of sp³-hybridized carbons (Fsp3) is 0. The van der Waals surface area contributed by atoms with Crippen molar-refractivity contribution in [2.24, 2.45) is 0 Å². The highest BCUT2D eigenvalue weighted by Gasteiger charge is 2.21. The van der Waals surface area contributed by atoms with Crippen molar-refractivity contribution >= 4 is 65.2 Å². The lowest BCUT2D eigenvalue weighted by Crippen LogP contribution is -2.02. The number of hydrogen-bond acceptors (Lipinski definition) is 2. The molecule has 0 aliphatic rings. The minimum atomic E-state index is 0.679. The van der Waals surface area contributed by atoms with Gasteiger partial charge < -0.3 is 9.13 Å². The molecule has 0 aliphatic heterocycles. The topological polar surface area (TPSA) is 35.6 Å². The van der Waals surface area contributed by atoms with Crippen LogP contribution in [0.1, 0.15) is 0 Å². The molecule has 0 saturated carbocycles. The molecule has 0 bridgehead atoms. The fourth-order valence-corrected chi connectivity index (χ4v) is 9.92.